The number of aromatic nitrogens is 2. The Morgan fingerprint density at radius 1 is 1.38 bits per heavy atom. The Balaban J connectivity index is 1.73. The van der Waals surface area contributed by atoms with Crippen molar-refractivity contribution in [3.8, 4) is 0 Å². The van der Waals surface area contributed by atoms with Crippen molar-refractivity contribution in [2.75, 3.05) is 0 Å². The highest BCUT2D eigenvalue weighted by molar-refractivity contribution is 6.31. The Labute approximate surface area is 131 Å². The van der Waals surface area contributed by atoms with Crippen molar-refractivity contribution < 1.29 is 0 Å². The predicted octanol–water partition coefficient (Wildman–Crippen LogP) is 3.06. The van der Waals surface area contributed by atoms with Gasteiger partial charge < -0.3 is 5.73 Å². The van der Waals surface area contributed by atoms with E-state index in [9.17, 15) is 0 Å². The van der Waals surface area contributed by atoms with Crippen LogP contribution in [0.4, 0.5) is 0 Å². The van der Waals surface area contributed by atoms with Crippen molar-refractivity contribution in [3.63, 3.8) is 0 Å². The van der Waals surface area contributed by atoms with Crippen molar-refractivity contribution in [1.82, 2.24) is 9.78 Å². The predicted molar refractivity (Wildman–Crippen MR) is 86.6 cm³/mol. The van der Waals surface area contributed by atoms with Gasteiger partial charge in [0.15, 0.2) is 0 Å². The Hall–Kier alpha value is -1.32. The summed E-state index contributed by atoms with van der Waals surface area (Å²) in [7, 11) is 1.94. The molecule has 1 aromatic carbocycles. The Bertz CT molecular complexity index is 647. The number of fused-ring (bicyclic) bond motifs is 1. The fourth-order valence-corrected chi connectivity index (χ4v) is 3.62. The van der Waals surface area contributed by atoms with Gasteiger partial charge in [-0.15, -0.1) is 0 Å². The largest absolute Gasteiger partial charge is 0.327 e. The second-order valence-electron chi connectivity index (χ2n) is 6.11. The fourth-order valence-electron chi connectivity index (χ4n) is 3.38. The first-order valence-electron chi connectivity index (χ1n) is 7.56. The zero-order chi connectivity index (χ0) is 15.0. The van der Waals surface area contributed by atoms with Crippen LogP contribution in [0.3, 0.4) is 0 Å². The van der Waals surface area contributed by atoms with E-state index < -0.39 is 0 Å². The summed E-state index contributed by atoms with van der Waals surface area (Å²) in [6, 6.07) is 8.84. The highest BCUT2D eigenvalue weighted by Crippen LogP contribution is 2.29. The molecule has 1 aliphatic rings. The standard InChI is InChI=1S/C17H22ClN3/c1-11-17(18)16(21(2)20-11)10-15(19)14-8-7-12-5-3-4-6-13(12)9-14/h3-6,14-15H,7-10,19H2,1-2H3. The highest BCUT2D eigenvalue weighted by atomic mass is 35.5. The normalized spacial score (nSPS) is 19.3. The number of hydrogen-bond donors (Lipinski definition) is 1. The van der Waals surface area contributed by atoms with Crippen LogP contribution in [-0.2, 0) is 26.3 Å². The molecule has 112 valence electrons. The zero-order valence-electron chi connectivity index (χ0n) is 12.6. The first kappa shape index (κ1) is 14.6. The average molecular weight is 304 g/mol. The zero-order valence-corrected chi connectivity index (χ0v) is 13.4. The quantitative estimate of drug-likeness (QED) is 0.947. The van der Waals surface area contributed by atoms with Gasteiger partial charge in [0.2, 0.25) is 0 Å². The second kappa shape index (κ2) is 5.82. The lowest BCUT2D eigenvalue weighted by Gasteiger charge is -2.29. The van der Waals surface area contributed by atoms with Gasteiger partial charge in [-0.25, -0.2) is 0 Å². The molecule has 3 nitrogen and oxygen atoms in total. The molecule has 0 amide bonds. The van der Waals surface area contributed by atoms with Crippen molar-refractivity contribution >= 4 is 11.6 Å². The Morgan fingerprint density at radius 2 is 2.10 bits per heavy atom. The molecule has 21 heavy (non-hydrogen) atoms. The number of benzene rings is 1. The minimum atomic E-state index is 0.130. The molecule has 0 bridgehead atoms. The van der Waals surface area contributed by atoms with Crippen molar-refractivity contribution in [2.24, 2.45) is 18.7 Å². The maximum Gasteiger partial charge on any atom is 0.0847 e. The third kappa shape index (κ3) is 2.85. The van der Waals surface area contributed by atoms with Crippen LogP contribution in [0.2, 0.25) is 5.02 Å². The van der Waals surface area contributed by atoms with Crippen LogP contribution in [0.1, 0.15) is 28.9 Å². The summed E-state index contributed by atoms with van der Waals surface area (Å²) in [5.41, 5.74) is 11.4. The molecule has 1 aliphatic carbocycles. The van der Waals surface area contributed by atoms with E-state index in [1.165, 1.54) is 11.1 Å². The van der Waals surface area contributed by atoms with E-state index in [0.717, 1.165) is 42.1 Å². The van der Waals surface area contributed by atoms with Crippen LogP contribution >= 0.6 is 11.6 Å². The van der Waals surface area contributed by atoms with Crippen LogP contribution in [0, 0.1) is 12.8 Å². The van der Waals surface area contributed by atoms with Gasteiger partial charge in [0.1, 0.15) is 0 Å². The third-order valence-electron chi connectivity index (χ3n) is 4.68. The van der Waals surface area contributed by atoms with E-state index in [-0.39, 0.29) is 6.04 Å². The summed E-state index contributed by atoms with van der Waals surface area (Å²) >= 11 is 6.34. The molecule has 0 aliphatic heterocycles. The molecule has 3 rings (SSSR count). The number of halogens is 1. The first-order valence-corrected chi connectivity index (χ1v) is 7.94. The van der Waals surface area contributed by atoms with Gasteiger partial charge >= 0.3 is 0 Å². The maximum absolute atomic E-state index is 6.48. The molecule has 2 N–H and O–H groups in total. The van der Waals surface area contributed by atoms with Crippen molar-refractivity contribution in [3.05, 3.63) is 51.8 Å². The van der Waals surface area contributed by atoms with Crippen molar-refractivity contribution in [1.29, 1.82) is 0 Å². The molecule has 0 radical (unpaired) electrons. The molecule has 2 unspecified atom stereocenters. The molecule has 2 atom stereocenters. The lowest BCUT2D eigenvalue weighted by Crippen LogP contribution is -2.36. The molecular formula is C17H22ClN3. The monoisotopic (exact) mass is 303 g/mol. The number of aryl methyl sites for hydroxylation is 3. The van der Waals surface area contributed by atoms with E-state index in [0.29, 0.717) is 5.92 Å². The van der Waals surface area contributed by atoms with E-state index in [1.807, 2.05) is 18.7 Å². The summed E-state index contributed by atoms with van der Waals surface area (Å²) in [5, 5.41) is 5.14. The van der Waals surface area contributed by atoms with Gasteiger partial charge in [-0.1, -0.05) is 35.9 Å². The Morgan fingerprint density at radius 3 is 2.76 bits per heavy atom. The molecule has 0 spiro atoms. The van der Waals surface area contributed by atoms with E-state index in [1.54, 1.807) is 0 Å². The smallest absolute Gasteiger partial charge is 0.0847 e. The second-order valence-corrected chi connectivity index (χ2v) is 6.49. The Kier molecular flexibility index (Phi) is 4.05. The molecule has 0 saturated carbocycles. The lowest BCUT2D eigenvalue weighted by atomic mass is 9.79. The van der Waals surface area contributed by atoms with Gasteiger partial charge in [-0.2, -0.15) is 5.10 Å². The van der Waals surface area contributed by atoms with Crippen LogP contribution in [0.5, 0.6) is 0 Å². The number of hydrogen-bond acceptors (Lipinski definition) is 2. The van der Waals surface area contributed by atoms with Gasteiger partial charge in [0.05, 0.1) is 16.4 Å². The number of nitrogens with zero attached hydrogens (tertiary/aromatic N) is 2. The number of rotatable bonds is 3. The molecule has 4 heteroatoms. The highest BCUT2D eigenvalue weighted by Gasteiger charge is 2.25. The molecule has 1 aromatic heterocycles. The van der Waals surface area contributed by atoms with Gasteiger partial charge in [-0.05, 0) is 43.2 Å². The molecule has 0 saturated heterocycles. The van der Waals surface area contributed by atoms with Crippen molar-refractivity contribution in [2.45, 2.75) is 38.6 Å². The number of nitrogens with two attached hydrogens (primary N) is 1. The maximum atomic E-state index is 6.48. The molecule has 2 aromatic rings. The van der Waals surface area contributed by atoms with Crippen LogP contribution < -0.4 is 5.73 Å². The lowest BCUT2D eigenvalue weighted by molar-refractivity contribution is 0.368. The molecule has 0 fully saturated rings. The topological polar surface area (TPSA) is 43.8 Å². The minimum Gasteiger partial charge on any atom is -0.327 e. The van der Waals surface area contributed by atoms with Gasteiger partial charge in [0.25, 0.3) is 0 Å². The molecular weight excluding hydrogens is 282 g/mol. The summed E-state index contributed by atoms with van der Waals surface area (Å²) in [6.07, 6.45) is 4.16. The summed E-state index contributed by atoms with van der Waals surface area (Å²) in [4.78, 5) is 0. The minimum absolute atomic E-state index is 0.130. The average Bonchev–Trinajstić information content (AvgIpc) is 2.73. The van der Waals surface area contributed by atoms with E-state index in [2.05, 4.69) is 29.4 Å². The molecule has 1 heterocycles. The van der Waals surface area contributed by atoms with Gasteiger partial charge in [0, 0.05) is 19.5 Å². The summed E-state index contributed by atoms with van der Waals surface area (Å²) in [5.74, 6) is 0.520. The fraction of sp³-hybridized carbons (Fsp3) is 0.471. The summed E-state index contributed by atoms with van der Waals surface area (Å²) in [6.45, 7) is 1.94. The first-order chi connectivity index (χ1) is 10.1. The van der Waals surface area contributed by atoms with E-state index in [4.69, 9.17) is 17.3 Å². The summed E-state index contributed by atoms with van der Waals surface area (Å²) < 4.78 is 1.87. The van der Waals surface area contributed by atoms with Crippen LogP contribution in [-0.4, -0.2) is 15.8 Å². The van der Waals surface area contributed by atoms with E-state index >= 15 is 0 Å². The van der Waals surface area contributed by atoms with Gasteiger partial charge in [-0.3, -0.25) is 4.68 Å². The SMILES string of the molecule is Cc1nn(C)c(CC(N)C2CCc3ccccc3C2)c1Cl. The van der Waals surface area contributed by atoms with Crippen LogP contribution in [0.15, 0.2) is 24.3 Å². The third-order valence-corrected chi connectivity index (χ3v) is 5.17. The van der Waals surface area contributed by atoms with Crippen LogP contribution in [0.25, 0.3) is 0 Å².